The lowest BCUT2D eigenvalue weighted by Gasteiger charge is -2.56. The fourth-order valence-electron chi connectivity index (χ4n) is 5.88. The number of carbonyl (C=O) groups excluding carboxylic acids is 2. The SMILES string of the molecule is CC1(C)CC(=O)C2(Cc3ccc(Cl)cc3N3CCN(Cc4ccccc4)C[C@@H]32)C(=O)C1. The molecule has 162 valence electrons. The summed E-state index contributed by atoms with van der Waals surface area (Å²) in [6.45, 7) is 7.28. The number of hydrogen-bond donors (Lipinski definition) is 0. The summed E-state index contributed by atoms with van der Waals surface area (Å²) < 4.78 is 0. The van der Waals surface area contributed by atoms with Gasteiger partial charge >= 0.3 is 0 Å². The molecule has 1 saturated heterocycles. The number of hydrogen-bond acceptors (Lipinski definition) is 4. The van der Waals surface area contributed by atoms with Gasteiger partial charge in [0.25, 0.3) is 0 Å². The molecule has 1 saturated carbocycles. The van der Waals surface area contributed by atoms with E-state index in [1.807, 2.05) is 38.1 Å². The van der Waals surface area contributed by atoms with E-state index in [2.05, 4.69) is 34.1 Å². The van der Waals surface area contributed by atoms with E-state index in [-0.39, 0.29) is 23.0 Å². The van der Waals surface area contributed by atoms with Crippen molar-refractivity contribution in [2.24, 2.45) is 10.8 Å². The van der Waals surface area contributed by atoms with E-state index in [4.69, 9.17) is 11.6 Å². The first-order valence-electron chi connectivity index (χ1n) is 11.2. The molecule has 5 rings (SSSR count). The van der Waals surface area contributed by atoms with Crippen LogP contribution in [0.1, 0.15) is 37.8 Å². The van der Waals surface area contributed by atoms with Crippen LogP contribution in [0.5, 0.6) is 0 Å². The molecule has 2 heterocycles. The highest BCUT2D eigenvalue weighted by atomic mass is 35.5. The molecule has 2 aromatic rings. The van der Waals surface area contributed by atoms with Crippen LogP contribution < -0.4 is 4.90 Å². The Kier molecular flexibility index (Phi) is 4.98. The molecule has 1 atom stereocenters. The van der Waals surface area contributed by atoms with Gasteiger partial charge in [0.05, 0.1) is 6.04 Å². The van der Waals surface area contributed by atoms with Gasteiger partial charge in [-0.1, -0.05) is 61.8 Å². The Morgan fingerprint density at radius 2 is 1.68 bits per heavy atom. The molecule has 0 bridgehead atoms. The molecule has 0 unspecified atom stereocenters. The van der Waals surface area contributed by atoms with Crippen LogP contribution in [0.25, 0.3) is 0 Å². The van der Waals surface area contributed by atoms with Gasteiger partial charge in [-0.25, -0.2) is 0 Å². The van der Waals surface area contributed by atoms with Gasteiger partial charge in [-0.05, 0) is 35.1 Å². The van der Waals surface area contributed by atoms with Crippen LogP contribution in [0.15, 0.2) is 48.5 Å². The summed E-state index contributed by atoms with van der Waals surface area (Å²) in [4.78, 5) is 32.1. The summed E-state index contributed by atoms with van der Waals surface area (Å²) >= 11 is 6.34. The first kappa shape index (κ1) is 20.7. The van der Waals surface area contributed by atoms with Gasteiger partial charge < -0.3 is 4.90 Å². The van der Waals surface area contributed by atoms with Crippen LogP contribution in [0, 0.1) is 10.8 Å². The Morgan fingerprint density at radius 3 is 2.39 bits per heavy atom. The molecule has 1 spiro atoms. The van der Waals surface area contributed by atoms with Crippen molar-refractivity contribution in [1.82, 2.24) is 4.90 Å². The lowest BCUT2D eigenvalue weighted by Crippen LogP contribution is -2.69. The van der Waals surface area contributed by atoms with Gasteiger partial charge in [-0.2, -0.15) is 0 Å². The molecule has 4 nitrogen and oxygen atoms in total. The van der Waals surface area contributed by atoms with Crippen molar-refractivity contribution in [2.45, 2.75) is 45.7 Å². The van der Waals surface area contributed by atoms with Gasteiger partial charge in [0.1, 0.15) is 17.0 Å². The molecule has 0 radical (unpaired) electrons. The average Bonchev–Trinajstić information content (AvgIpc) is 2.72. The molecule has 0 N–H and O–H groups in total. The zero-order chi connectivity index (χ0) is 21.8. The normalized spacial score (nSPS) is 24.7. The maximum atomic E-state index is 13.7. The Hall–Kier alpha value is -2.17. The largest absolute Gasteiger partial charge is 0.364 e. The van der Waals surface area contributed by atoms with Gasteiger partial charge in [-0.3, -0.25) is 14.5 Å². The molecule has 0 aromatic heterocycles. The third-order valence-corrected chi connectivity index (χ3v) is 7.62. The van der Waals surface area contributed by atoms with E-state index >= 15 is 0 Å². The first-order valence-corrected chi connectivity index (χ1v) is 11.5. The highest BCUT2D eigenvalue weighted by Crippen LogP contribution is 2.51. The molecular formula is C26H29ClN2O2. The van der Waals surface area contributed by atoms with Crippen molar-refractivity contribution in [2.75, 3.05) is 24.5 Å². The zero-order valence-electron chi connectivity index (χ0n) is 18.2. The number of nitrogens with zero attached hydrogens (tertiary/aromatic N) is 2. The highest BCUT2D eigenvalue weighted by Gasteiger charge is 2.60. The number of halogens is 1. The molecular weight excluding hydrogens is 408 g/mol. The van der Waals surface area contributed by atoms with E-state index in [0.29, 0.717) is 30.8 Å². The summed E-state index contributed by atoms with van der Waals surface area (Å²) in [6, 6.07) is 16.2. The lowest BCUT2D eigenvalue weighted by molar-refractivity contribution is -0.151. The fraction of sp³-hybridized carbons (Fsp3) is 0.462. The Bertz CT molecular complexity index is 1010. The molecule has 31 heavy (non-hydrogen) atoms. The number of piperazine rings is 1. The quantitative estimate of drug-likeness (QED) is 0.648. The summed E-state index contributed by atoms with van der Waals surface area (Å²) in [6.07, 6.45) is 1.42. The minimum absolute atomic E-state index is 0.117. The minimum Gasteiger partial charge on any atom is -0.364 e. The van der Waals surface area contributed by atoms with Crippen LogP contribution in [0.3, 0.4) is 0 Å². The number of benzene rings is 2. The third kappa shape index (κ3) is 3.50. The molecule has 5 heteroatoms. The van der Waals surface area contributed by atoms with E-state index in [9.17, 15) is 9.59 Å². The van der Waals surface area contributed by atoms with Crippen LogP contribution in [0.4, 0.5) is 5.69 Å². The molecule has 2 fully saturated rings. The second-order valence-corrected chi connectivity index (χ2v) is 10.7. The Morgan fingerprint density at radius 1 is 0.968 bits per heavy atom. The number of fused-ring (bicyclic) bond motifs is 4. The van der Waals surface area contributed by atoms with Crippen molar-refractivity contribution in [3.63, 3.8) is 0 Å². The van der Waals surface area contributed by atoms with Crippen LogP contribution in [-0.2, 0) is 22.6 Å². The summed E-state index contributed by atoms with van der Waals surface area (Å²) in [5.74, 6) is 0.233. The maximum Gasteiger partial charge on any atom is 0.149 e. The molecule has 0 amide bonds. The van der Waals surface area contributed by atoms with Crippen molar-refractivity contribution in [3.05, 3.63) is 64.7 Å². The van der Waals surface area contributed by atoms with Gasteiger partial charge in [0, 0.05) is 49.7 Å². The van der Waals surface area contributed by atoms with E-state index < -0.39 is 5.41 Å². The molecule has 3 aliphatic rings. The van der Waals surface area contributed by atoms with Gasteiger partial charge in [0.2, 0.25) is 0 Å². The highest BCUT2D eigenvalue weighted by molar-refractivity contribution is 6.31. The van der Waals surface area contributed by atoms with E-state index in [0.717, 1.165) is 30.9 Å². The van der Waals surface area contributed by atoms with Crippen LogP contribution in [0.2, 0.25) is 5.02 Å². The average molecular weight is 437 g/mol. The molecule has 2 aliphatic heterocycles. The maximum absolute atomic E-state index is 13.7. The third-order valence-electron chi connectivity index (χ3n) is 7.38. The zero-order valence-corrected chi connectivity index (χ0v) is 19.0. The summed E-state index contributed by atoms with van der Waals surface area (Å²) in [5, 5.41) is 0.697. The molecule has 2 aromatic carbocycles. The van der Waals surface area contributed by atoms with Gasteiger partial charge in [-0.15, -0.1) is 0 Å². The Labute approximate surface area is 189 Å². The lowest BCUT2D eigenvalue weighted by atomic mass is 9.56. The van der Waals surface area contributed by atoms with Crippen LogP contribution >= 0.6 is 11.6 Å². The number of ketones is 2. The second kappa shape index (κ2) is 7.46. The minimum atomic E-state index is -0.953. The standard InChI is InChI=1S/C26H29ClN2O2/c1-25(2)14-23(30)26(24(31)15-25)13-19-8-9-20(27)12-21(19)29-11-10-28(17-22(26)29)16-18-6-4-3-5-7-18/h3-9,12,22H,10-11,13-17H2,1-2H3/t22-/m1/s1. The van der Waals surface area contributed by atoms with Crippen molar-refractivity contribution in [1.29, 1.82) is 0 Å². The van der Waals surface area contributed by atoms with Crippen molar-refractivity contribution >= 4 is 28.9 Å². The predicted molar refractivity (Wildman–Crippen MR) is 123 cm³/mol. The van der Waals surface area contributed by atoms with Gasteiger partial charge in [0.15, 0.2) is 0 Å². The number of anilines is 1. The monoisotopic (exact) mass is 436 g/mol. The number of Topliss-reactive ketones (excluding diaryl/α,β-unsaturated/α-hetero) is 2. The number of carbonyl (C=O) groups is 2. The second-order valence-electron chi connectivity index (χ2n) is 10.2. The van der Waals surface area contributed by atoms with Crippen molar-refractivity contribution < 1.29 is 9.59 Å². The molecule has 1 aliphatic carbocycles. The summed E-state index contributed by atoms with van der Waals surface area (Å²) in [7, 11) is 0. The Balaban J connectivity index is 1.55. The van der Waals surface area contributed by atoms with Crippen molar-refractivity contribution in [3.8, 4) is 0 Å². The number of rotatable bonds is 2. The van der Waals surface area contributed by atoms with Crippen LogP contribution in [-0.4, -0.2) is 42.1 Å². The van der Waals surface area contributed by atoms with E-state index in [1.54, 1.807) is 0 Å². The fourth-order valence-corrected chi connectivity index (χ4v) is 6.04. The smallest absolute Gasteiger partial charge is 0.149 e. The summed E-state index contributed by atoms with van der Waals surface area (Å²) in [5.41, 5.74) is 2.20. The topological polar surface area (TPSA) is 40.6 Å². The first-order chi connectivity index (χ1) is 14.8. The predicted octanol–water partition coefficient (Wildman–Crippen LogP) is 4.53. The van der Waals surface area contributed by atoms with E-state index in [1.165, 1.54) is 5.56 Å².